The van der Waals surface area contributed by atoms with Crippen molar-refractivity contribution in [3.63, 3.8) is 0 Å². The van der Waals surface area contributed by atoms with Crippen LogP contribution in [0.5, 0.6) is 0 Å². The van der Waals surface area contributed by atoms with Crippen LogP contribution in [0.3, 0.4) is 0 Å². The van der Waals surface area contributed by atoms with Gasteiger partial charge in [-0.05, 0) is 46.5 Å². The molecule has 1 saturated heterocycles. The molecule has 0 aromatic heterocycles. The lowest BCUT2D eigenvalue weighted by atomic mass is 9.93. The number of esters is 1. The van der Waals surface area contributed by atoms with Crippen LogP contribution in [0.4, 0.5) is 4.79 Å². The molecule has 0 spiro atoms. The fourth-order valence-electron chi connectivity index (χ4n) is 2.14. The van der Waals surface area contributed by atoms with Gasteiger partial charge in [0.15, 0.2) is 0 Å². The molecule has 0 bridgehead atoms. The molecule has 0 N–H and O–H groups in total. The van der Waals surface area contributed by atoms with E-state index >= 15 is 0 Å². The van der Waals surface area contributed by atoms with Crippen LogP contribution in [0, 0.1) is 5.92 Å². The molecule has 1 rings (SSSR count). The molecule has 19 heavy (non-hydrogen) atoms. The van der Waals surface area contributed by atoms with Crippen LogP contribution >= 0.6 is 0 Å². The van der Waals surface area contributed by atoms with Gasteiger partial charge in [-0.3, -0.25) is 4.90 Å². The zero-order valence-corrected chi connectivity index (χ0v) is 12.6. The third-order valence-corrected chi connectivity index (χ3v) is 3.05. The first-order valence-corrected chi connectivity index (χ1v) is 6.91. The van der Waals surface area contributed by atoms with Gasteiger partial charge in [0.25, 0.3) is 0 Å². The van der Waals surface area contributed by atoms with E-state index in [-0.39, 0.29) is 5.97 Å². The molecule has 0 saturated carbocycles. The van der Waals surface area contributed by atoms with E-state index in [1.165, 1.54) is 4.90 Å². The number of rotatable bonds is 2. The second-order valence-corrected chi connectivity index (χ2v) is 6.07. The number of ether oxygens (including phenoxy) is 2. The van der Waals surface area contributed by atoms with Crippen molar-refractivity contribution in [1.82, 2.24) is 4.90 Å². The lowest BCUT2D eigenvalue weighted by molar-refractivity contribution is -0.151. The van der Waals surface area contributed by atoms with Gasteiger partial charge in [0, 0.05) is 6.54 Å². The molecule has 110 valence electrons. The van der Waals surface area contributed by atoms with Gasteiger partial charge in [0.05, 0.1) is 6.61 Å². The topological polar surface area (TPSA) is 55.8 Å². The van der Waals surface area contributed by atoms with Crippen molar-refractivity contribution >= 4 is 12.1 Å². The summed E-state index contributed by atoms with van der Waals surface area (Å²) in [7, 11) is 0. The van der Waals surface area contributed by atoms with Crippen molar-refractivity contribution in [2.24, 2.45) is 5.92 Å². The van der Waals surface area contributed by atoms with E-state index in [1.54, 1.807) is 6.92 Å². The minimum atomic E-state index is -0.556. The Balaban J connectivity index is 2.77. The van der Waals surface area contributed by atoms with Crippen molar-refractivity contribution in [2.45, 2.75) is 59.1 Å². The highest BCUT2D eigenvalue weighted by Gasteiger charge is 2.37. The number of amides is 1. The molecule has 5 heteroatoms. The standard InChI is InChI=1S/C14H25NO4/c1-6-18-12(16)11-9-10(2)7-8-15(11)13(17)19-14(3,4)5/h10-11H,6-9H2,1-5H3/t10-,11+/m1/s1. The van der Waals surface area contributed by atoms with Gasteiger partial charge in [-0.2, -0.15) is 0 Å². The molecule has 1 fully saturated rings. The molecule has 0 radical (unpaired) electrons. The number of likely N-dealkylation sites (tertiary alicyclic amines) is 1. The lowest BCUT2D eigenvalue weighted by Crippen LogP contribution is -2.51. The molecule has 1 aliphatic rings. The third-order valence-electron chi connectivity index (χ3n) is 3.05. The number of carbonyl (C=O) groups excluding carboxylic acids is 2. The average molecular weight is 271 g/mol. The monoisotopic (exact) mass is 271 g/mol. The zero-order chi connectivity index (χ0) is 14.6. The van der Waals surface area contributed by atoms with E-state index in [1.807, 2.05) is 20.8 Å². The summed E-state index contributed by atoms with van der Waals surface area (Å²) in [5, 5.41) is 0. The summed E-state index contributed by atoms with van der Waals surface area (Å²) in [5.74, 6) is 0.0769. The predicted molar refractivity (Wildman–Crippen MR) is 71.8 cm³/mol. The first-order valence-electron chi connectivity index (χ1n) is 6.91. The molecular formula is C14H25NO4. The van der Waals surface area contributed by atoms with Crippen molar-refractivity contribution in [1.29, 1.82) is 0 Å². The first kappa shape index (κ1) is 15.8. The maximum Gasteiger partial charge on any atom is 0.411 e. The zero-order valence-electron chi connectivity index (χ0n) is 12.6. The highest BCUT2D eigenvalue weighted by molar-refractivity contribution is 5.81. The molecule has 1 heterocycles. The first-order chi connectivity index (χ1) is 8.74. The second-order valence-electron chi connectivity index (χ2n) is 6.07. The van der Waals surface area contributed by atoms with Gasteiger partial charge in [-0.15, -0.1) is 0 Å². The van der Waals surface area contributed by atoms with Crippen molar-refractivity contribution in [2.75, 3.05) is 13.2 Å². The summed E-state index contributed by atoms with van der Waals surface area (Å²) in [4.78, 5) is 25.6. The van der Waals surface area contributed by atoms with Gasteiger partial charge in [0.2, 0.25) is 0 Å². The highest BCUT2D eigenvalue weighted by atomic mass is 16.6. The van der Waals surface area contributed by atoms with Gasteiger partial charge in [-0.25, -0.2) is 9.59 Å². The van der Waals surface area contributed by atoms with Crippen LogP contribution in [-0.2, 0) is 14.3 Å². The Bertz CT molecular complexity index is 335. The lowest BCUT2D eigenvalue weighted by Gasteiger charge is -2.37. The van der Waals surface area contributed by atoms with Crippen molar-refractivity contribution in [3.8, 4) is 0 Å². The maximum absolute atomic E-state index is 12.1. The fraction of sp³-hybridized carbons (Fsp3) is 0.857. The van der Waals surface area contributed by atoms with Gasteiger partial charge >= 0.3 is 12.1 Å². The molecule has 1 aliphatic heterocycles. The van der Waals surface area contributed by atoms with E-state index in [9.17, 15) is 9.59 Å². The van der Waals surface area contributed by atoms with Crippen molar-refractivity contribution < 1.29 is 19.1 Å². The number of hydrogen-bond donors (Lipinski definition) is 0. The molecule has 5 nitrogen and oxygen atoms in total. The van der Waals surface area contributed by atoms with Gasteiger partial charge in [-0.1, -0.05) is 6.92 Å². The summed E-state index contributed by atoms with van der Waals surface area (Å²) < 4.78 is 10.4. The number of carbonyl (C=O) groups is 2. The third kappa shape index (κ3) is 4.73. The normalized spacial score (nSPS) is 23.9. The summed E-state index contributed by atoms with van der Waals surface area (Å²) in [6.45, 7) is 10.2. The van der Waals surface area contributed by atoms with Crippen LogP contribution < -0.4 is 0 Å². The Morgan fingerprint density at radius 3 is 2.47 bits per heavy atom. The molecule has 1 amide bonds. The van der Waals surface area contributed by atoms with Crippen molar-refractivity contribution in [3.05, 3.63) is 0 Å². The van der Waals surface area contributed by atoms with Crippen LogP contribution in [0.1, 0.15) is 47.5 Å². The van der Waals surface area contributed by atoms with E-state index < -0.39 is 17.7 Å². The van der Waals surface area contributed by atoms with E-state index in [4.69, 9.17) is 9.47 Å². The van der Waals surface area contributed by atoms with Gasteiger partial charge in [0.1, 0.15) is 11.6 Å². The van der Waals surface area contributed by atoms with Crippen LogP contribution in [0.15, 0.2) is 0 Å². The fourth-order valence-corrected chi connectivity index (χ4v) is 2.14. The van der Waals surface area contributed by atoms with Crippen LogP contribution in [0.2, 0.25) is 0 Å². The molecule has 0 unspecified atom stereocenters. The van der Waals surface area contributed by atoms with Gasteiger partial charge < -0.3 is 9.47 Å². The van der Waals surface area contributed by atoms with Crippen LogP contribution in [-0.4, -0.2) is 41.8 Å². The van der Waals surface area contributed by atoms with E-state index in [0.717, 1.165) is 6.42 Å². The molecule has 0 aromatic carbocycles. The number of piperidine rings is 1. The summed E-state index contributed by atoms with van der Waals surface area (Å²) in [6, 6.07) is -0.515. The number of hydrogen-bond acceptors (Lipinski definition) is 4. The predicted octanol–water partition coefficient (Wildman–Crippen LogP) is 2.59. The SMILES string of the molecule is CCOC(=O)[C@@H]1C[C@H](C)CCN1C(=O)OC(C)(C)C. The summed E-state index contributed by atoms with van der Waals surface area (Å²) >= 11 is 0. The Hall–Kier alpha value is -1.26. The second kappa shape index (κ2) is 6.26. The van der Waals surface area contributed by atoms with E-state index in [2.05, 4.69) is 6.92 Å². The Morgan fingerprint density at radius 1 is 1.32 bits per heavy atom. The molecule has 2 atom stereocenters. The highest BCUT2D eigenvalue weighted by Crippen LogP contribution is 2.25. The Labute approximate surface area is 115 Å². The largest absolute Gasteiger partial charge is 0.464 e. The maximum atomic E-state index is 12.1. The Kier molecular flexibility index (Phi) is 5.20. The smallest absolute Gasteiger partial charge is 0.411 e. The quantitative estimate of drug-likeness (QED) is 0.724. The summed E-state index contributed by atoms with van der Waals surface area (Å²) in [5.41, 5.74) is -0.556. The molecule has 0 aliphatic carbocycles. The Morgan fingerprint density at radius 2 is 1.95 bits per heavy atom. The number of nitrogens with zero attached hydrogens (tertiary/aromatic N) is 1. The van der Waals surface area contributed by atoms with Crippen LogP contribution in [0.25, 0.3) is 0 Å². The minimum Gasteiger partial charge on any atom is -0.464 e. The average Bonchev–Trinajstić information content (AvgIpc) is 2.26. The summed E-state index contributed by atoms with van der Waals surface area (Å²) in [6.07, 6.45) is 1.09. The molecular weight excluding hydrogens is 246 g/mol. The van der Waals surface area contributed by atoms with E-state index in [0.29, 0.717) is 25.5 Å². The minimum absolute atomic E-state index is 0.325. The molecule has 0 aromatic rings.